The van der Waals surface area contributed by atoms with Crippen LogP contribution in [0.3, 0.4) is 0 Å². The van der Waals surface area contributed by atoms with Gasteiger partial charge in [-0.3, -0.25) is 0 Å². The third-order valence-electron chi connectivity index (χ3n) is 4.52. The Bertz CT molecular complexity index is 167. The first-order valence-electron chi connectivity index (χ1n) is 6.51. The lowest BCUT2D eigenvalue weighted by Gasteiger charge is -2.49. The molecule has 0 aliphatic rings. The summed E-state index contributed by atoms with van der Waals surface area (Å²) in [7, 11) is -1.71. The third kappa shape index (κ3) is 2.44. The molecule has 0 aliphatic carbocycles. The highest BCUT2D eigenvalue weighted by Crippen LogP contribution is 2.59. The highest BCUT2D eigenvalue weighted by molar-refractivity contribution is 7.23. The Hall–Kier alpha value is 0.507. The van der Waals surface area contributed by atoms with Crippen molar-refractivity contribution < 1.29 is 0 Å². The molecule has 0 fully saturated rings. The lowest BCUT2D eigenvalue weighted by Crippen LogP contribution is -2.47. The largest absolute Gasteiger partial charge is 0.167 e. The molecule has 0 N–H and O–H groups in total. The van der Waals surface area contributed by atoms with Crippen LogP contribution in [-0.4, -0.2) is 7.38 Å². The second kappa shape index (κ2) is 5.72. The summed E-state index contributed by atoms with van der Waals surface area (Å²) in [6.07, 6.45) is 3.73. The van der Waals surface area contributed by atoms with Gasteiger partial charge in [0.2, 0.25) is 0 Å². The van der Waals surface area contributed by atoms with Crippen LogP contribution in [0.5, 0.6) is 0 Å². The van der Waals surface area contributed by atoms with E-state index in [1.165, 1.54) is 19.3 Å². The van der Waals surface area contributed by atoms with Crippen molar-refractivity contribution in [1.29, 1.82) is 0 Å². The van der Waals surface area contributed by atoms with Gasteiger partial charge in [0.05, 0.1) is 0 Å². The minimum Gasteiger partial charge on any atom is -0.166 e. The number of rotatable bonds is 6. The standard InChI is InChI=1S/C13H29ClSi/c1-8-13(9-2,10-3)15(14,11(4)5)12(6)7/h11-12H,8-10H2,1-7H3. The van der Waals surface area contributed by atoms with Crippen LogP contribution in [0.1, 0.15) is 67.7 Å². The van der Waals surface area contributed by atoms with Crippen molar-refractivity contribution in [3.05, 3.63) is 0 Å². The van der Waals surface area contributed by atoms with Gasteiger partial charge in [-0.05, 0) is 16.1 Å². The maximum atomic E-state index is 7.17. The fourth-order valence-corrected chi connectivity index (χ4v) is 10.1. The minimum atomic E-state index is -1.71. The van der Waals surface area contributed by atoms with Gasteiger partial charge in [0.1, 0.15) is 0 Å². The van der Waals surface area contributed by atoms with Gasteiger partial charge < -0.3 is 0 Å². The molecule has 0 aromatic carbocycles. The van der Waals surface area contributed by atoms with Crippen molar-refractivity contribution in [3.63, 3.8) is 0 Å². The number of halogens is 1. The summed E-state index contributed by atoms with van der Waals surface area (Å²) in [6, 6.07) is 0. The molecule has 0 saturated carbocycles. The predicted octanol–water partition coefficient (Wildman–Crippen LogP) is 5.96. The zero-order chi connectivity index (χ0) is 12.3. The van der Waals surface area contributed by atoms with Crippen molar-refractivity contribution in [3.8, 4) is 0 Å². The maximum Gasteiger partial charge on any atom is 0.167 e. The molecule has 0 aromatic heterocycles. The van der Waals surface area contributed by atoms with Gasteiger partial charge >= 0.3 is 0 Å². The van der Waals surface area contributed by atoms with Crippen LogP contribution in [0.15, 0.2) is 0 Å². The van der Waals surface area contributed by atoms with Crippen LogP contribution in [0, 0.1) is 0 Å². The second-order valence-electron chi connectivity index (χ2n) is 5.42. The molecule has 0 amide bonds. The van der Waals surface area contributed by atoms with E-state index in [1.807, 2.05) is 0 Å². The molecule has 2 heteroatoms. The summed E-state index contributed by atoms with van der Waals surface area (Å²) in [5, 5.41) is 0.427. The normalized spacial score (nSPS) is 14.0. The summed E-state index contributed by atoms with van der Waals surface area (Å²) in [5.74, 6) is 0. The summed E-state index contributed by atoms with van der Waals surface area (Å²) >= 11 is 7.17. The van der Waals surface area contributed by atoms with Gasteiger partial charge in [-0.15, -0.1) is 0 Å². The first-order chi connectivity index (χ1) is 6.82. The molecule has 0 spiro atoms. The zero-order valence-electron chi connectivity index (χ0n) is 11.7. The van der Waals surface area contributed by atoms with Gasteiger partial charge in [-0.2, -0.15) is 11.1 Å². The van der Waals surface area contributed by atoms with Gasteiger partial charge in [0, 0.05) is 0 Å². The molecule has 0 aromatic rings. The minimum absolute atomic E-state index is 0.427. The second-order valence-corrected chi connectivity index (χ2v) is 12.2. The van der Waals surface area contributed by atoms with Crippen molar-refractivity contribution in [2.24, 2.45) is 0 Å². The van der Waals surface area contributed by atoms with E-state index in [0.29, 0.717) is 16.1 Å². The Morgan fingerprint density at radius 1 is 0.867 bits per heavy atom. The number of hydrogen-bond acceptors (Lipinski definition) is 0. The molecule has 0 rings (SSSR count). The van der Waals surface area contributed by atoms with Gasteiger partial charge in [-0.25, -0.2) is 0 Å². The van der Waals surface area contributed by atoms with E-state index < -0.39 is 7.38 Å². The lowest BCUT2D eigenvalue weighted by molar-refractivity contribution is 0.467. The Balaban J connectivity index is 5.37. The highest BCUT2D eigenvalue weighted by Gasteiger charge is 2.53. The third-order valence-corrected chi connectivity index (χ3v) is 14.4. The van der Waals surface area contributed by atoms with Crippen LogP contribution >= 0.6 is 11.1 Å². The summed E-state index contributed by atoms with van der Waals surface area (Å²) in [5.41, 5.74) is 1.33. The van der Waals surface area contributed by atoms with Crippen LogP contribution < -0.4 is 0 Å². The first-order valence-corrected chi connectivity index (χ1v) is 9.67. The van der Waals surface area contributed by atoms with Crippen LogP contribution in [0.25, 0.3) is 0 Å². The van der Waals surface area contributed by atoms with E-state index in [4.69, 9.17) is 11.1 Å². The molecule has 0 unspecified atom stereocenters. The molecule has 92 valence electrons. The fraction of sp³-hybridized carbons (Fsp3) is 1.00. The van der Waals surface area contributed by atoms with E-state index >= 15 is 0 Å². The molecule has 0 aliphatic heterocycles. The molecule has 0 heterocycles. The first kappa shape index (κ1) is 15.5. The molecule has 0 atom stereocenters. The Labute approximate surface area is 103 Å². The fourth-order valence-electron chi connectivity index (χ4n) is 3.45. The molecule has 0 saturated heterocycles. The molecule has 15 heavy (non-hydrogen) atoms. The van der Waals surface area contributed by atoms with Crippen LogP contribution in [0.4, 0.5) is 0 Å². The van der Waals surface area contributed by atoms with E-state index in [0.717, 1.165) is 0 Å². The maximum absolute atomic E-state index is 7.17. The summed E-state index contributed by atoms with van der Waals surface area (Å²) in [6.45, 7) is 16.3. The van der Waals surface area contributed by atoms with Gasteiger partial charge in [-0.1, -0.05) is 67.7 Å². The molecule has 0 radical (unpaired) electrons. The molecule has 0 bridgehead atoms. The van der Waals surface area contributed by atoms with E-state index in [9.17, 15) is 0 Å². The summed E-state index contributed by atoms with van der Waals surface area (Å²) < 4.78 is 0. The Kier molecular flexibility index (Phi) is 5.92. The van der Waals surface area contributed by atoms with E-state index in [2.05, 4.69) is 48.5 Å². The van der Waals surface area contributed by atoms with Crippen LogP contribution in [0.2, 0.25) is 16.1 Å². The monoisotopic (exact) mass is 248 g/mol. The van der Waals surface area contributed by atoms with Crippen molar-refractivity contribution in [2.75, 3.05) is 0 Å². The summed E-state index contributed by atoms with van der Waals surface area (Å²) in [4.78, 5) is 0. The average Bonchev–Trinajstić information content (AvgIpc) is 2.20. The van der Waals surface area contributed by atoms with Crippen LogP contribution in [-0.2, 0) is 0 Å². The number of hydrogen-bond donors (Lipinski definition) is 0. The van der Waals surface area contributed by atoms with Crippen molar-refractivity contribution in [1.82, 2.24) is 0 Å². The lowest BCUT2D eigenvalue weighted by atomic mass is 9.99. The topological polar surface area (TPSA) is 0 Å². The van der Waals surface area contributed by atoms with E-state index in [-0.39, 0.29) is 0 Å². The van der Waals surface area contributed by atoms with Gasteiger partial charge in [0.15, 0.2) is 7.38 Å². The Morgan fingerprint density at radius 2 is 1.13 bits per heavy atom. The SMILES string of the molecule is CCC(CC)(CC)[Si](Cl)(C(C)C)C(C)C. The highest BCUT2D eigenvalue weighted by atomic mass is 35.6. The average molecular weight is 249 g/mol. The molecule has 0 nitrogen and oxygen atoms in total. The van der Waals surface area contributed by atoms with Crippen molar-refractivity contribution in [2.45, 2.75) is 83.8 Å². The quantitative estimate of drug-likeness (QED) is 0.402. The molecular formula is C13H29ClSi. The van der Waals surface area contributed by atoms with Gasteiger partial charge in [0.25, 0.3) is 0 Å². The predicted molar refractivity (Wildman–Crippen MR) is 75.4 cm³/mol. The Morgan fingerprint density at radius 3 is 1.20 bits per heavy atom. The van der Waals surface area contributed by atoms with E-state index in [1.54, 1.807) is 0 Å². The zero-order valence-corrected chi connectivity index (χ0v) is 13.4. The smallest absolute Gasteiger partial charge is 0.166 e. The van der Waals surface area contributed by atoms with Crippen molar-refractivity contribution >= 4 is 18.5 Å². The molecular weight excluding hydrogens is 220 g/mol.